The number of benzene rings is 1. The van der Waals surface area contributed by atoms with Gasteiger partial charge in [-0.2, -0.15) is 0 Å². The average molecular weight is 213 g/mol. The van der Waals surface area contributed by atoms with Crippen LogP contribution in [0, 0.1) is 6.92 Å². The van der Waals surface area contributed by atoms with E-state index in [1.165, 1.54) is 16.5 Å². The van der Waals surface area contributed by atoms with Crippen LogP contribution < -0.4 is 5.32 Å². The molecular formula is C14H15NO. The van der Waals surface area contributed by atoms with Crippen molar-refractivity contribution in [3.63, 3.8) is 0 Å². The van der Waals surface area contributed by atoms with Crippen molar-refractivity contribution in [3.8, 4) is 0 Å². The van der Waals surface area contributed by atoms with Crippen LogP contribution in [0.15, 0.2) is 34.8 Å². The van der Waals surface area contributed by atoms with Gasteiger partial charge in [0.05, 0.1) is 0 Å². The molecule has 3 rings (SSSR count). The number of aryl methyl sites for hydroxylation is 1. The van der Waals surface area contributed by atoms with Crippen molar-refractivity contribution in [1.29, 1.82) is 0 Å². The molecule has 0 amide bonds. The molecule has 0 unspecified atom stereocenters. The Morgan fingerprint density at radius 1 is 1.31 bits per heavy atom. The largest absolute Gasteiger partial charge is 0.456 e. The number of hydrogen-bond acceptors (Lipinski definition) is 2. The first-order valence-electron chi connectivity index (χ1n) is 5.74. The van der Waals surface area contributed by atoms with E-state index in [0.717, 1.165) is 30.9 Å². The number of furan rings is 1. The summed E-state index contributed by atoms with van der Waals surface area (Å²) >= 11 is 0. The summed E-state index contributed by atoms with van der Waals surface area (Å²) in [4.78, 5) is 0. The van der Waals surface area contributed by atoms with Gasteiger partial charge in [-0.3, -0.25) is 0 Å². The van der Waals surface area contributed by atoms with E-state index in [0.29, 0.717) is 0 Å². The van der Waals surface area contributed by atoms with Gasteiger partial charge in [0.15, 0.2) is 0 Å². The zero-order chi connectivity index (χ0) is 11.0. The second-order valence-corrected chi connectivity index (χ2v) is 4.29. The molecule has 0 fully saturated rings. The molecule has 0 aliphatic carbocycles. The fourth-order valence-corrected chi connectivity index (χ4v) is 2.21. The highest BCUT2D eigenvalue weighted by Crippen LogP contribution is 2.28. The van der Waals surface area contributed by atoms with E-state index in [-0.39, 0.29) is 0 Å². The van der Waals surface area contributed by atoms with Gasteiger partial charge in [-0.15, -0.1) is 0 Å². The number of para-hydroxylation sites is 1. The predicted molar refractivity (Wildman–Crippen MR) is 66.4 cm³/mol. The van der Waals surface area contributed by atoms with Crippen LogP contribution in [-0.2, 0) is 0 Å². The van der Waals surface area contributed by atoms with Crippen molar-refractivity contribution in [1.82, 2.24) is 5.32 Å². The van der Waals surface area contributed by atoms with E-state index in [9.17, 15) is 0 Å². The zero-order valence-electron chi connectivity index (χ0n) is 9.42. The van der Waals surface area contributed by atoms with Crippen molar-refractivity contribution in [2.75, 3.05) is 13.1 Å². The van der Waals surface area contributed by atoms with E-state index in [1.54, 1.807) is 0 Å². The van der Waals surface area contributed by atoms with Crippen molar-refractivity contribution >= 4 is 16.5 Å². The second kappa shape index (κ2) is 3.80. The van der Waals surface area contributed by atoms with Gasteiger partial charge in [0.1, 0.15) is 11.3 Å². The lowest BCUT2D eigenvalue weighted by Crippen LogP contribution is -2.19. The topological polar surface area (TPSA) is 25.2 Å². The number of fused-ring (bicyclic) bond motifs is 1. The maximum Gasteiger partial charge on any atom is 0.137 e. The fraction of sp³-hybridized carbons (Fsp3) is 0.286. The summed E-state index contributed by atoms with van der Waals surface area (Å²) in [7, 11) is 0. The minimum atomic E-state index is 0.950. The highest BCUT2D eigenvalue weighted by atomic mass is 16.3. The minimum Gasteiger partial charge on any atom is -0.456 e. The van der Waals surface area contributed by atoms with Crippen molar-refractivity contribution in [3.05, 3.63) is 41.7 Å². The third-order valence-electron chi connectivity index (χ3n) is 3.12. The molecular weight excluding hydrogens is 198 g/mol. The monoisotopic (exact) mass is 213 g/mol. The molecule has 0 radical (unpaired) electrons. The molecule has 2 heteroatoms. The molecule has 0 saturated carbocycles. The third kappa shape index (κ3) is 1.55. The van der Waals surface area contributed by atoms with Gasteiger partial charge < -0.3 is 9.73 Å². The van der Waals surface area contributed by atoms with Crippen molar-refractivity contribution in [2.45, 2.75) is 13.3 Å². The van der Waals surface area contributed by atoms with E-state index >= 15 is 0 Å². The zero-order valence-corrected chi connectivity index (χ0v) is 9.42. The van der Waals surface area contributed by atoms with Crippen LogP contribution in [0.25, 0.3) is 16.5 Å². The SMILES string of the molecule is Cc1cccc2cc(C3=CCNCC3)oc12. The number of hydrogen-bond donors (Lipinski definition) is 1. The summed E-state index contributed by atoms with van der Waals surface area (Å²) in [6.07, 6.45) is 3.27. The van der Waals surface area contributed by atoms with E-state index in [1.807, 2.05) is 0 Å². The van der Waals surface area contributed by atoms with Gasteiger partial charge in [-0.1, -0.05) is 24.3 Å². The van der Waals surface area contributed by atoms with Gasteiger partial charge in [0, 0.05) is 11.9 Å². The summed E-state index contributed by atoms with van der Waals surface area (Å²) in [5.41, 5.74) is 3.56. The van der Waals surface area contributed by atoms with Gasteiger partial charge in [0.2, 0.25) is 0 Å². The Kier molecular flexibility index (Phi) is 2.29. The Morgan fingerprint density at radius 3 is 3.00 bits per heavy atom. The normalized spacial score (nSPS) is 16.4. The lowest BCUT2D eigenvalue weighted by molar-refractivity contribution is 0.588. The maximum absolute atomic E-state index is 5.94. The molecule has 2 heterocycles. The van der Waals surface area contributed by atoms with Crippen LogP contribution in [0.4, 0.5) is 0 Å². The molecule has 1 aliphatic heterocycles. The molecule has 1 N–H and O–H groups in total. The van der Waals surface area contributed by atoms with Crippen molar-refractivity contribution < 1.29 is 4.42 Å². The predicted octanol–water partition coefficient (Wildman–Crippen LogP) is 3.12. The number of nitrogens with one attached hydrogen (secondary N) is 1. The van der Waals surface area contributed by atoms with Crippen LogP contribution in [0.3, 0.4) is 0 Å². The summed E-state index contributed by atoms with van der Waals surface area (Å²) in [5, 5.41) is 4.51. The first kappa shape index (κ1) is 9.67. The highest BCUT2D eigenvalue weighted by Gasteiger charge is 2.11. The number of rotatable bonds is 1. The van der Waals surface area contributed by atoms with E-state index in [2.05, 4.69) is 42.6 Å². The molecule has 2 aromatic rings. The minimum absolute atomic E-state index is 0.950. The van der Waals surface area contributed by atoms with Crippen LogP contribution in [0.2, 0.25) is 0 Å². The summed E-state index contributed by atoms with van der Waals surface area (Å²) in [6, 6.07) is 8.43. The van der Waals surface area contributed by atoms with E-state index in [4.69, 9.17) is 4.42 Å². The highest BCUT2D eigenvalue weighted by molar-refractivity contribution is 5.84. The second-order valence-electron chi connectivity index (χ2n) is 4.29. The van der Waals surface area contributed by atoms with Crippen LogP contribution >= 0.6 is 0 Å². The standard InChI is InChI=1S/C14H15NO/c1-10-3-2-4-12-9-13(16-14(10)12)11-5-7-15-8-6-11/h2-5,9,15H,6-8H2,1H3. The molecule has 2 nitrogen and oxygen atoms in total. The Morgan fingerprint density at radius 2 is 2.25 bits per heavy atom. The van der Waals surface area contributed by atoms with Crippen LogP contribution in [0.1, 0.15) is 17.7 Å². The third-order valence-corrected chi connectivity index (χ3v) is 3.12. The summed E-state index contributed by atoms with van der Waals surface area (Å²) < 4.78 is 5.94. The molecule has 0 spiro atoms. The summed E-state index contributed by atoms with van der Waals surface area (Å²) in [6.45, 7) is 4.08. The molecule has 1 aliphatic rings. The molecule has 1 aromatic carbocycles. The Balaban J connectivity index is 2.11. The van der Waals surface area contributed by atoms with Crippen molar-refractivity contribution in [2.24, 2.45) is 0 Å². The van der Waals surface area contributed by atoms with E-state index < -0.39 is 0 Å². The smallest absolute Gasteiger partial charge is 0.137 e. The van der Waals surface area contributed by atoms with Crippen LogP contribution in [0.5, 0.6) is 0 Å². The quantitative estimate of drug-likeness (QED) is 0.787. The first-order chi connectivity index (χ1) is 7.84. The Bertz CT molecular complexity index is 551. The Labute approximate surface area is 95.0 Å². The lowest BCUT2D eigenvalue weighted by atomic mass is 10.1. The molecule has 82 valence electrons. The molecule has 0 saturated heterocycles. The maximum atomic E-state index is 5.94. The molecule has 0 bridgehead atoms. The van der Waals surface area contributed by atoms with Gasteiger partial charge in [-0.25, -0.2) is 0 Å². The molecule has 16 heavy (non-hydrogen) atoms. The fourth-order valence-electron chi connectivity index (χ4n) is 2.21. The summed E-state index contributed by atoms with van der Waals surface area (Å²) in [5.74, 6) is 1.03. The lowest BCUT2D eigenvalue weighted by Gasteiger charge is -2.11. The average Bonchev–Trinajstić information content (AvgIpc) is 2.76. The van der Waals surface area contributed by atoms with Gasteiger partial charge >= 0.3 is 0 Å². The molecule has 0 atom stereocenters. The Hall–Kier alpha value is -1.54. The first-order valence-corrected chi connectivity index (χ1v) is 5.74. The molecule has 1 aromatic heterocycles. The van der Waals surface area contributed by atoms with Gasteiger partial charge in [0.25, 0.3) is 0 Å². The van der Waals surface area contributed by atoms with Gasteiger partial charge in [-0.05, 0) is 37.1 Å². The van der Waals surface area contributed by atoms with Crippen LogP contribution in [-0.4, -0.2) is 13.1 Å².